The van der Waals surface area contributed by atoms with Crippen molar-refractivity contribution in [3.05, 3.63) is 54.1 Å². The number of unbranched alkanes of at least 4 members (excludes halogenated alkanes) is 3. The van der Waals surface area contributed by atoms with Gasteiger partial charge in [-0.1, -0.05) is 45.2 Å². The van der Waals surface area contributed by atoms with Crippen LogP contribution in [0.2, 0.25) is 0 Å². The highest BCUT2D eigenvalue weighted by molar-refractivity contribution is 7.80. The molecule has 6 nitrogen and oxygen atoms in total. The number of anilines is 2. The summed E-state index contributed by atoms with van der Waals surface area (Å²) in [6.45, 7) is 4.53. The molecule has 0 atom stereocenters. The molecule has 0 fully saturated rings. The molecule has 2 rings (SSSR count). The number of rotatable bonds is 10. The molecule has 0 aliphatic carbocycles. The molecular weight excluding hydrogens is 398 g/mol. The standard InChI is InChI=1S/C23H29N3O3S/c1-3-5-6-9-16-29-20-11-8-7-10-19(20)22(28)26-23(30)25-18-14-12-17(13-15-18)24-21(27)4-2/h7-8,10-15H,3-6,9,16H2,1-2H3,(H,24,27)(H2,25,26,28,30). The van der Waals surface area contributed by atoms with Crippen molar-refractivity contribution in [1.82, 2.24) is 5.32 Å². The Bertz CT molecular complexity index is 853. The number of nitrogens with one attached hydrogen (secondary N) is 3. The normalized spacial score (nSPS) is 10.2. The number of para-hydroxylation sites is 1. The summed E-state index contributed by atoms with van der Waals surface area (Å²) in [6, 6.07) is 14.2. The van der Waals surface area contributed by atoms with Gasteiger partial charge in [0.25, 0.3) is 5.91 Å². The fraction of sp³-hybridized carbons (Fsp3) is 0.348. The fourth-order valence-corrected chi connectivity index (χ4v) is 2.92. The van der Waals surface area contributed by atoms with Gasteiger partial charge in [-0.25, -0.2) is 0 Å². The largest absolute Gasteiger partial charge is 0.493 e. The number of thiocarbonyl (C=S) groups is 1. The molecule has 2 amide bonds. The van der Waals surface area contributed by atoms with Gasteiger partial charge in [0, 0.05) is 17.8 Å². The van der Waals surface area contributed by atoms with E-state index in [9.17, 15) is 9.59 Å². The van der Waals surface area contributed by atoms with Crippen molar-refractivity contribution in [3.63, 3.8) is 0 Å². The number of ether oxygens (including phenoxy) is 1. The number of amides is 2. The lowest BCUT2D eigenvalue weighted by Gasteiger charge is -2.13. The summed E-state index contributed by atoms with van der Waals surface area (Å²) in [5.74, 6) is 0.165. The minimum atomic E-state index is -0.330. The van der Waals surface area contributed by atoms with Crippen LogP contribution in [-0.2, 0) is 4.79 Å². The van der Waals surface area contributed by atoms with Crippen molar-refractivity contribution in [2.45, 2.75) is 46.0 Å². The average Bonchev–Trinajstić information content (AvgIpc) is 2.75. The van der Waals surface area contributed by atoms with Crippen LogP contribution in [0.4, 0.5) is 11.4 Å². The highest BCUT2D eigenvalue weighted by Crippen LogP contribution is 2.19. The number of hydrogen-bond donors (Lipinski definition) is 3. The summed E-state index contributed by atoms with van der Waals surface area (Å²) >= 11 is 5.26. The van der Waals surface area contributed by atoms with Crippen LogP contribution >= 0.6 is 12.2 Å². The maximum Gasteiger partial charge on any atom is 0.261 e. The van der Waals surface area contributed by atoms with Crippen LogP contribution in [0.5, 0.6) is 5.75 Å². The fourth-order valence-electron chi connectivity index (χ4n) is 2.71. The van der Waals surface area contributed by atoms with Crippen LogP contribution in [0.1, 0.15) is 56.3 Å². The molecule has 7 heteroatoms. The van der Waals surface area contributed by atoms with E-state index in [0.717, 1.165) is 12.8 Å². The maximum atomic E-state index is 12.6. The molecule has 0 saturated carbocycles. The molecule has 0 radical (unpaired) electrons. The highest BCUT2D eigenvalue weighted by Gasteiger charge is 2.13. The van der Waals surface area contributed by atoms with Gasteiger partial charge in [-0.15, -0.1) is 0 Å². The molecule has 160 valence electrons. The molecule has 3 N–H and O–H groups in total. The van der Waals surface area contributed by atoms with Crippen LogP contribution in [-0.4, -0.2) is 23.5 Å². The average molecular weight is 428 g/mol. The lowest BCUT2D eigenvalue weighted by Crippen LogP contribution is -2.34. The van der Waals surface area contributed by atoms with Crippen molar-refractivity contribution < 1.29 is 14.3 Å². The number of benzene rings is 2. The molecule has 0 bridgehead atoms. The van der Waals surface area contributed by atoms with Gasteiger partial charge >= 0.3 is 0 Å². The lowest BCUT2D eigenvalue weighted by atomic mass is 10.2. The topological polar surface area (TPSA) is 79.5 Å². The van der Waals surface area contributed by atoms with Crippen LogP contribution in [0.15, 0.2) is 48.5 Å². The summed E-state index contributed by atoms with van der Waals surface area (Å²) in [6.07, 6.45) is 4.83. The van der Waals surface area contributed by atoms with Crippen LogP contribution in [0.3, 0.4) is 0 Å². The van der Waals surface area contributed by atoms with E-state index in [4.69, 9.17) is 17.0 Å². The third-order valence-corrected chi connectivity index (χ3v) is 4.57. The summed E-state index contributed by atoms with van der Waals surface area (Å²) in [4.78, 5) is 24.1. The van der Waals surface area contributed by atoms with E-state index in [0.29, 0.717) is 35.7 Å². The molecular formula is C23H29N3O3S. The van der Waals surface area contributed by atoms with E-state index in [2.05, 4.69) is 22.9 Å². The van der Waals surface area contributed by atoms with E-state index in [-0.39, 0.29) is 16.9 Å². The van der Waals surface area contributed by atoms with Gasteiger partial charge in [0.05, 0.1) is 12.2 Å². The van der Waals surface area contributed by atoms with Gasteiger partial charge in [0.1, 0.15) is 5.75 Å². The molecule has 0 heterocycles. The Labute approximate surface area is 183 Å². The summed E-state index contributed by atoms with van der Waals surface area (Å²) in [7, 11) is 0. The monoisotopic (exact) mass is 427 g/mol. The Morgan fingerprint density at radius 3 is 2.23 bits per heavy atom. The smallest absolute Gasteiger partial charge is 0.261 e. The second-order valence-electron chi connectivity index (χ2n) is 6.79. The van der Waals surface area contributed by atoms with Gasteiger partial charge < -0.3 is 15.4 Å². The number of carbonyl (C=O) groups is 2. The van der Waals surface area contributed by atoms with Gasteiger partial charge in [-0.2, -0.15) is 0 Å². The molecule has 30 heavy (non-hydrogen) atoms. The number of carbonyl (C=O) groups excluding carboxylic acids is 2. The molecule has 0 unspecified atom stereocenters. The third kappa shape index (κ3) is 7.83. The van der Waals surface area contributed by atoms with E-state index < -0.39 is 0 Å². The van der Waals surface area contributed by atoms with Crippen LogP contribution < -0.4 is 20.7 Å². The quantitative estimate of drug-likeness (QED) is 0.362. The number of hydrogen-bond acceptors (Lipinski definition) is 4. The molecule has 2 aromatic rings. The van der Waals surface area contributed by atoms with Gasteiger partial charge in [0.2, 0.25) is 5.91 Å². The first-order valence-corrected chi connectivity index (χ1v) is 10.7. The van der Waals surface area contributed by atoms with Crippen LogP contribution in [0, 0.1) is 0 Å². The second-order valence-corrected chi connectivity index (χ2v) is 7.20. The summed E-state index contributed by atoms with van der Waals surface area (Å²) < 4.78 is 5.80. The van der Waals surface area contributed by atoms with E-state index in [1.54, 1.807) is 49.4 Å². The predicted molar refractivity (Wildman–Crippen MR) is 125 cm³/mol. The predicted octanol–water partition coefficient (Wildman–Crippen LogP) is 5.12. The zero-order valence-electron chi connectivity index (χ0n) is 17.5. The SMILES string of the molecule is CCCCCCOc1ccccc1C(=O)NC(=S)Nc1ccc(NC(=O)CC)cc1. The van der Waals surface area contributed by atoms with Crippen molar-refractivity contribution in [2.75, 3.05) is 17.2 Å². The van der Waals surface area contributed by atoms with E-state index in [1.807, 2.05) is 6.07 Å². The second kappa shape index (κ2) is 12.6. The molecule has 0 aromatic heterocycles. The lowest BCUT2D eigenvalue weighted by molar-refractivity contribution is -0.115. The first-order valence-electron chi connectivity index (χ1n) is 10.3. The van der Waals surface area contributed by atoms with Gasteiger partial charge in [-0.05, 0) is 55.0 Å². The minimum Gasteiger partial charge on any atom is -0.493 e. The van der Waals surface area contributed by atoms with Crippen molar-refractivity contribution in [1.29, 1.82) is 0 Å². The minimum absolute atomic E-state index is 0.0512. The van der Waals surface area contributed by atoms with Crippen molar-refractivity contribution in [3.8, 4) is 5.75 Å². The zero-order valence-corrected chi connectivity index (χ0v) is 18.3. The molecule has 2 aromatic carbocycles. The highest BCUT2D eigenvalue weighted by atomic mass is 32.1. The van der Waals surface area contributed by atoms with Crippen molar-refractivity contribution in [2.24, 2.45) is 0 Å². The van der Waals surface area contributed by atoms with E-state index in [1.165, 1.54) is 12.8 Å². The maximum absolute atomic E-state index is 12.6. The molecule has 0 aliphatic heterocycles. The first-order chi connectivity index (χ1) is 14.5. The molecule has 0 spiro atoms. The Morgan fingerprint density at radius 1 is 0.900 bits per heavy atom. The van der Waals surface area contributed by atoms with Crippen molar-refractivity contribution >= 4 is 40.5 Å². The Balaban J connectivity index is 1.89. The summed E-state index contributed by atoms with van der Waals surface area (Å²) in [5.41, 5.74) is 1.84. The van der Waals surface area contributed by atoms with Crippen LogP contribution in [0.25, 0.3) is 0 Å². The van der Waals surface area contributed by atoms with E-state index >= 15 is 0 Å². The van der Waals surface area contributed by atoms with Gasteiger partial charge in [-0.3, -0.25) is 14.9 Å². The van der Waals surface area contributed by atoms with Gasteiger partial charge in [0.15, 0.2) is 5.11 Å². The zero-order chi connectivity index (χ0) is 21.8. The first kappa shape index (κ1) is 23.3. The Hall–Kier alpha value is -2.93. The third-order valence-electron chi connectivity index (χ3n) is 4.36. The molecule has 0 aliphatic rings. The molecule has 0 saturated heterocycles. The Morgan fingerprint density at radius 2 is 1.57 bits per heavy atom. The Kier molecular flexibility index (Phi) is 9.80. The summed E-state index contributed by atoms with van der Waals surface area (Å²) in [5, 5.41) is 8.61.